The Morgan fingerprint density at radius 2 is 1.66 bits per heavy atom. The number of alkyl halides is 3. The van der Waals surface area contributed by atoms with Crippen molar-refractivity contribution in [1.29, 1.82) is 0 Å². The van der Waals surface area contributed by atoms with E-state index < -0.39 is 29.4 Å². The zero-order valence-corrected chi connectivity index (χ0v) is 24.1. The summed E-state index contributed by atoms with van der Waals surface area (Å²) in [7, 11) is -7.47. The molecular formula is C26H43F3O4SSi. The fourth-order valence-corrected chi connectivity index (χ4v) is 9.73. The summed E-state index contributed by atoms with van der Waals surface area (Å²) >= 11 is 0. The highest BCUT2D eigenvalue weighted by atomic mass is 32.2. The third-order valence-corrected chi connectivity index (χ3v) is 16.4. The van der Waals surface area contributed by atoms with Crippen LogP contribution in [0.5, 0.6) is 0 Å². The highest BCUT2D eigenvalue weighted by Gasteiger charge is 2.61. The minimum Gasteiger partial charge on any atom is -0.414 e. The molecule has 7 atom stereocenters. The first-order valence-electron chi connectivity index (χ1n) is 13.2. The second-order valence-electron chi connectivity index (χ2n) is 13.7. The van der Waals surface area contributed by atoms with Crippen molar-refractivity contribution in [2.75, 3.05) is 0 Å². The maximum atomic E-state index is 13.0. The summed E-state index contributed by atoms with van der Waals surface area (Å²) in [6.07, 6.45) is 9.57. The van der Waals surface area contributed by atoms with Gasteiger partial charge >= 0.3 is 15.6 Å². The van der Waals surface area contributed by atoms with E-state index in [0.29, 0.717) is 36.7 Å². The van der Waals surface area contributed by atoms with Gasteiger partial charge < -0.3 is 8.61 Å². The van der Waals surface area contributed by atoms with Crippen LogP contribution in [0.4, 0.5) is 13.2 Å². The van der Waals surface area contributed by atoms with Gasteiger partial charge in [0, 0.05) is 11.5 Å². The number of hydrogen-bond acceptors (Lipinski definition) is 4. The summed E-state index contributed by atoms with van der Waals surface area (Å²) in [4.78, 5) is 0. The smallest absolute Gasteiger partial charge is 0.414 e. The van der Waals surface area contributed by atoms with E-state index in [2.05, 4.69) is 40.8 Å². The van der Waals surface area contributed by atoms with Crippen LogP contribution >= 0.6 is 0 Å². The van der Waals surface area contributed by atoms with Crippen LogP contribution in [-0.4, -0.2) is 28.3 Å². The zero-order chi connectivity index (χ0) is 26.2. The fraction of sp³-hybridized carbons (Fsp3) is 0.923. The average molecular weight is 537 g/mol. The topological polar surface area (TPSA) is 52.6 Å². The molecule has 202 valence electrons. The Morgan fingerprint density at radius 1 is 1.00 bits per heavy atom. The van der Waals surface area contributed by atoms with Gasteiger partial charge in [0.05, 0.1) is 0 Å². The van der Waals surface area contributed by atoms with Crippen molar-refractivity contribution >= 4 is 18.4 Å². The lowest BCUT2D eigenvalue weighted by Gasteiger charge is -2.61. The third kappa shape index (κ3) is 4.53. The van der Waals surface area contributed by atoms with E-state index in [1.54, 1.807) is 6.08 Å². The molecular weight excluding hydrogens is 493 g/mol. The molecule has 0 N–H and O–H groups in total. The molecule has 4 aliphatic rings. The summed E-state index contributed by atoms with van der Waals surface area (Å²) in [6.45, 7) is 15.8. The summed E-state index contributed by atoms with van der Waals surface area (Å²) in [5, 5.41) is 0.189. The van der Waals surface area contributed by atoms with Crippen molar-refractivity contribution in [2.45, 2.75) is 116 Å². The molecule has 4 rings (SSSR count). The van der Waals surface area contributed by atoms with Crippen LogP contribution in [0.25, 0.3) is 0 Å². The first kappa shape index (κ1) is 27.5. The number of rotatable bonds is 4. The van der Waals surface area contributed by atoms with Crippen LogP contribution in [0.15, 0.2) is 11.8 Å². The molecule has 0 aromatic rings. The molecule has 0 heterocycles. The standard InChI is InChI=1S/C26H43F3O4SSi/c1-23(2,3)35(6,7)33-18-12-14-24(4)17(16-18)8-9-19-20-10-11-22(25(20,5)15-13-21(19)24)32-34(30,31)26(27,28)29/h11,17-21H,8-10,12-16H2,1-7H3/t17-,18+,19-,20-,21-,24-,25-/m0/s1. The van der Waals surface area contributed by atoms with Crippen LogP contribution in [0.2, 0.25) is 18.1 Å². The quantitative estimate of drug-likeness (QED) is 0.209. The van der Waals surface area contributed by atoms with Gasteiger partial charge in [0.1, 0.15) is 5.76 Å². The summed E-state index contributed by atoms with van der Waals surface area (Å²) < 4.78 is 74.0. The van der Waals surface area contributed by atoms with E-state index >= 15 is 0 Å². The maximum Gasteiger partial charge on any atom is 0.534 e. The van der Waals surface area contributed by atoms with E-state index in [1.165, 1.54) is 0 Å². The Balaban J connectivity index is 1.48. The van der Waals surface area contributed by atoms with E-state index in [-0.39, 0.29) is 22.1 Å². The van der Waals surface area contributed by atoms with E-state index in [9.17, 15) is 21.6 Å². The molecule has 3 saturated carbocycles. The molecule has 0 aliphatic heterocycles. The number of allylic oxidation sites excluding steroid dienone is 2. The van der Waals surface area contributed by atoms with Gasteiger partial charge in [-0.3, -0.25) is 0 Å². The number of fused-ring (bicyclic) bond motifs is 5. The highest BCUT2D eigenvalue weighted by Crippen LogP contribution is 2.66. The molecule has 4 aliphatic carbocycles. The zero-order valence-electron chi connectivity index (χ0n) is 22.3. The van der Waals surface area contributed by atoms with E-state index in [4.69, 9.17) is 8.61 Å². The van der Waals surface area contributed by atoms with Gasteiger partial charge in [-0.05, 0) is 105 Å². The van der Waals surface area contributed by atoms with Crippen LogP contribution in [0.1, 0.15) is 86.0 Å². The van der Waals surface area contributed by atoms with Gasteiger partial charge in [-0.1, -0.05) is 34.6 Å². The van der Waals surface area contributed by atoms with Crippen molar-refractivity contribution in [3.05, 3.63) is 11.8 Å². The first-order chi connectivity index (χ1) is 15.8. The largest absolute Gasteiger partial charge is 0.534 e. The minimum absolute atomic E-state index is 0.0111. The van der Waals surface area contributed by atoms with Gasteiger partial charge in [0.2, 0.25) is 0 Å². The second kappa shape index (κ2) is 8.48. The predicted molar refractivity (Wildman–Crippen MR) is 133 cm³/mol. The molecule has 9 heteroatoms. The van der Waals surface area contributed by atoms with Gasteiger partial charge in [-0.15, -0.1) is 0 Å². The Bertz CT molecular complexity index is 970. The van der Waals surface area contributed by atoms with Crippen molar-refractivity contribution in [2.24, 2.45) is 34.5 Å². The van der Waals surface area contributed by atoms with Crippen LogP contribution in [0.3, 0.4) is 0 Å². The second-order valence-corrected chi connectivity index (χ2v) is 20.0. The lowest BCUT2D eigenvalue weighted by Crippen LogP contribution is -2.55. The molecule has 0 saturated heterocycles. The molecule has 0 amide bonds. The summed E-state index contributed by atoms with van der Waals surface area (Å²) in [5.74, 6) is 1.65. The average Bonchev–Trinajstić information content (AvgIpc) is 3.02. The molecule has 0 unspecified atom stereocenters. The normalized spacial score (nSPS) is 40.4. The maximum absolute atomic E-state index is 13.0. The van der Waals surface area contributed by atoms with Gasteiger partial charge in [-0.2, -0.15) is 21.6 Å². The lowest BCUT2D eigenvalue weighted by atomic mass is 9.45. The van der Waals surface area contributed by atoms with Gasteiger partial charge in [0.15, 0.2) is 8.32 Å². The summed E-state index contributed by atoms with van der Waals surface area (Å²) in [6, 6.07) is 0. The molecule has 0 aromatic carbocycles. The molecule has 3 fully saturated rings. The van der Waals surface area contributed by atoms with Gasteiger partial charge in [0.25, 0.3) is 0 Å². The Hall–Kier alpha value is -0.543. The molecule has 35 heavy (non-hydrogen) atoms. The molecule has 0 radical (unpaired) electrons. The number of hydrogen-bond donors (Lipinski definition) is 0. The van der Waals surface area contributed by atoms with Crippen molar-refractivity contribution in [3.8, 4) is 0 Å². The van der Waals surface area contributed by atoms with Gasteiger partial charge in [-0.25, -0.2) is 0 Å². The van der Waals surface area contributed by atoms with E-state index in [1.807, 2.05) is 6.92 Å². The lowest BCUT2D eigenvalue weighted by molar-refractivity contribution is -0.119. The summed E-state index contributed by atoms with van der Waals surface area (Å²) in [5.41, 5.74) is -5.85. The molecule has 0 bridgehead atoms. The van der Waals surface area contributed by atoms with Crippen LogP contribution in [0, 0.1) is 34.5 Å². The van der Waals surface area contributed by atoms with Crippen molar-refractivity contribution < 1.29 is 30.2 Å². The monoisotopic (exact) mass is 536 g/mol. The highest BCUT2D eigenvalue weighted by molar-refractivity contribution is 7.87. The Kier molecular flexibility index (Phi) is 6.66. The number of halogens is 3. The molecule has 0 spiro atoms. The fourth-order valence-electron chi connectivity index (χ4n) is 7.74. The molecule has 0 aromatic heterocycles. The SMILES string of the molecule is CC(C)(C)[Si](C)(C)O[C@@H]1CC[C@@]2(C)[C@@H](CC[C@@H]3[C@@H]2CC[C@]2(C)C(OS(=O)(=O)C(F)(F)F)=CC[C@@H]32)C1. The predicted octanol–water partition coefficient (Wildman–Crippen LogP) is 7.78. The van der Waals surface area contributed by atoms with E-state index in [0.717, 1.165) is 38.5 Å². The minimum atomic E-state index is -5.64. The van der Waals surface area contributed by atoms with Crippen LogP contribution < -0.4 is 0 Å². The Labute approximate surface area is 210 Å². The first-order valence-corrected chi connectivity index (χ1v) is 17.5. The molecule has 4 nitrogen and oxygen atoms in total. The third-order valence-electron chi connectivity index (χ3n) is 10.9. The van der Waals surface area contributed by atoms with Crippen molar-refractivity contribution in [1.82, 2.24) is 0 Å². The Morgan fingerprint density at radius 3 is 2.26 bits per heavy atom. The van der Waals surface area contributed by atoms with Crippen molar-refractivity contribution in [3.63, 3.8) is 0 Å². The van der Waals surface area contributed by atoms with Crippen LogP contribution in [-0.2, 0) is 18.7 Å².